The Balaban J connectivity index is 1.90. The third-order valence-corrected chi connectivity index (χ3v) is 6.03. The average molecular weight is 583 g/mol. The molecule has 2 rings (SSSR count). The van der Waals surface area contributed by atoms with E-state index in [0.29, 0.717) is 19.5 Å². The lowest BCUT2D eigenvalue weighted by atomic mass is 10.1. The number of nitrogens with one attached hydrogen (secondary N) is 4. The summed E-state index contributed by atoms with van der Waals surface area (Å²) in [5, 5.41) is 23.2. The van der Waals surface area contributed by atoms with Crippen molar-refractivity contribution < 1.29 is 28.4 Å². The molecule has 0 saturated heterocycles. The minimum Gasteiger partial charge on any atom is -0.465 e. The highest BCUT2D eigenvalue weighted by molar-refractivity contribution is 6.32. The number of para-hydroxylation sites is 1. The zero-order valence-corrected chi connectivity index (χ0v) is 23.2. The Bertz CT molecular complexity index is 1140. The van der Waals surface area contributed by atoms with Gasteiger partial charge in [0.05, 0.1) is 34.5 Å². The number of halogens is 2. The number of benzene rings is 2. The van der Waals surface area contributed by atoms with E-state index in [1.54, 1.807) is 0 Å². The van der Waals surface area contributed by atoms with Crippen LogP contribution in [0.3, 0.4) is 0 Å². The molecule has 2 aromatic rings. The molecule has 0 heterocycles. The number of methoxy groups -OCH3 is 1. The van der Waals surface area contributed by atoms with Gasteiger partial charge >= 0.3 is 12.1 Å². The summed E-state index contributed by atoms with van der Waals surface area (Å²) in [7, 11) is 1.12. The number of ether oxygens (including phenoxy) is 2. The van der Waals surface area contributed by atoms with Crippen LogP contribution in [0.4, 0.5) is 26.2 Å². The standard InChI is InChI=1S/C26H36ClFN6O6/c1-39-25(35)19-15-21(28)23(32-14-6-13-31-11-3-2-10-30-12-5-9-29)16-22(19)33-26(36)40-17-18-7-4-8-20(27)24(18)34(37)38/h4,7-8,15-16,30-32H,2-3,5-6,9-14,17,29H2,1H3,(H,33,36). The van der Waals surface area contributed by atoms with Crippen molar-refractivity contribution in [3.8, 4) is 0 Å². The van der Waals surface area contributed by atoms with Gasteiger partial charge in [0.2, 0.25) is 0 Å². The summed E-state index contributed by atoms with van der Waals surface area (Å²) in [4.78, 5) is 35.3. The maximum absolute atomic E-state index is 14.7. The Morgan fingerprint density at radius 1 is 1.02 bits per heavy atom. The van der Waals surface area contributed by atoms with E-state index in [-0.39, 0.29) is 33.2 Å². The van der Waals surface area contributed by atoms with Crippen LogP contribution in [0.2, 0.25) is 5.02 Å². The van der Waals surface area contributed by atoms with Gasteiger partial charge in [-0.15, -0.1) is 0 Å². The summed E-state index contributed by atoms with van der Waals surface area (Å²) in [6.45, 7) is 4.14. The van der Waals surface area contributed by atoms with Crippen molar-refractivity contribution in [3.05, 3.63) is 62.4 Å². The summed E-state index contributed by atoms with van der Waals surface area (Å²) in [6.07, 6.45) is 2.74. The molecule has 0 atom stereocenters. The van der Waals surface area contributed by atoms with Crippen LogP contribution in [0, 0.1) is 15.9 Å². The van der Waals surface area contributed by atoms with Crippen LogP contribution in [0.15, 0.2) is 30.3 Å². The topological polar surface area (TPSA) is 170 Å². The number of anilines is 2. The third-order valence-electron chi connectivity index (χ3n) is 5.72. The molecule has 0 aliphatic carbocycles. The SMILES string of the molecule is COC(=O)c1cc(F)c(NCCCNCCCCNCCCN)cc1NC(=O)OCc1cccc(Cl)c1[N+](=O)[O-]. The molecule has 40 heavy (non-hydrogen) atoms. The van der Waals surface area contributed by atoms with Crippen molar-refractivity contribution in [1.82, 2.24) is 10.6 Å². The summed E-state index contributed by atoms with van der Waals surface area (Å²) >= 11 is 5.88. The predicted octanol–water partition coefficient (Wildman–Crippen LogP) is 4.03. The fourth-order valence-corrected chi connectivity index (χ4v) is 3.94. The van der Waals surface area contributed by atoms with E-state index < -0.39 is 29.4 Å². The third kappa shape index (κ3) is 10.9. The van der Waals surface area contributed by atoms with E-state index in [4.69, 9.17) is 26.8 Å². The number of esters is 1. The van der Waals surface area contributed by atoms with Crippen molar-refractivity contribution in [2.75, 3.05) is 57.0 Å². The van der Waals surface area contributed by atoms with Crippen LogP contribution in [0.25, 0.3) is 0 Å². The Morgan fingerprint density at radius 3 is 2.35 bits per heavy atom. The number of nitro benzene ring substituents is 1. The molecule has 0 radical (unpaired) electrons. The second kappa shape index (κ2) is 17.9. The second-order valence-corrected chi connectivity index (χ2v) is 9.11. The van der Waals surface area contributed by atoms with Crippen LogP contribution in [-0.2, 0) is 16.1 Å². The summed E-state index contributed by atoms with van der Waals surface area (Å²) in [5.41, 5.74) is 4.93. The lowest BCUT2D eigenvalue weighted by Crippen LogP contribution is -2.22. The van der Waals surface area contributed by atoms with Crippen molar-refractivity contribution >= 4 is 40.7 Å². The molecule has 220 valence electrons. The molecule has 0 fully saturated rings. The summed E-state index contributed by atoms with van der Waals surface area (Å²) < 4.78 is 24.5. The van der Waals surface area contributed by atoms with Crippen molar-refractivity contribution in [3.63, 3.8) is 0 Å². The second-order valence-electron chi connectivity index (χ2n) is 8.70. The van der Waals surface area contributed by atoms with Gasteiger partial charge in [0.1, 0.15) is 17.4 Å². The maximum atomic E-state index is 14.7. The minimum atomic E-state index is -1.02. The Hall–Kier alpha value is -3.52. The molecule has 0 aliphatic heterocycles. The van der Waals surface area contributed by atoms with Crippen LogP contribution >= 0.6 is 11.6 Å². The molecule has 6 N–H and O–H groups in total. The van der Waals surface area contributed by atoms with Crippen LogP contribution in [0.1, 0.15) is 41.6 Å². The number of unbranched alkanes of at least 4 members (excludes halogenated alkanes) is 1. The number of carbonyl (C=O) groups is 2. The van der Waals surface area contributed by atoms with Crippen LogP contribution in [0.5, 0.6) is 0 Å². The lowest BCUT2D eigenvalue weighted by molar-refractivity contribution is -0.385. The Morgan fingerprint density at radius 2 is 1.70 bits per heavy atom. The molecule has 0 aliphatic rings. The van der Waals surface area contributed by atoms with Gasteiger partial charge in [-0.2, -0.15) is 0 Å². The van der Waals surface area contributed by atoms with Crippen molar-refractivity contribution in [1.29, 1.82) is 0 Å². The van der Waals surface area contributed by atoms with Crippen molar-refractivity contribution in [2.45, 2.75) is 32.3 Å². The van der Waals surface area contributed by atoms with Gasteiger partial charge in [-0.3, -0.25) is 15.4 Å². The number of hydrogen-bond donors (Lipinski definition) is 5. The maximum Gasteiger partial charge on any atom is 0.411 e. The fourth-order valence-electron chi connectivity index (χ4n) is 3.67. The van der Waals surface area contributed by atoms with Gasteiger partial charge in [-0.05, 0) is 82.7 Å². The summed E-state index contributed by atoms with van der Waals surface area (Å²) in [5.74, 6) is -1.58. The molecule has 1 amide bonds. The number of carbonyl (C=O) groups excluding carboxylic acids is 2. The zero-order chi connectivity index (χ0) is 29.3. The van der Waals surface area contributed by atoms with E-state index in [2.05, 4.69) is 21.3 Å². The number of rotatable bonds is 18. The van der Waals surface area contributed by atoms with E-state index in [1.165, 1.54) is 24.3 Å². The summed E-state index contributed by atoms with van der Waals surface area (Å²) in [6, 6.07) is 6.44. The van der Waals surface area contributed by atoms with Gasteiger partial charge in [-0.1, -0.05) is 17.7 Å². The molecule has 2 aromatic carbocycles. The van der Waals surface area contributed by atoms with Crippen LogP contribution in [-0.4, -0.2) is 63.4 Å². The van der Waals surface area contributed by atoms with Gasteiger partial charge in [0, 0.05) is 6.54 Å². The monoisotopic (exact) mass is 582 g/mol. The first-order valence-corrected chi connectivity index (χ1v) is 13.3. The first kappa shape index (κ1) is 32.7. The van der Waals surface area contributed by atoms with E-state index in [1.807, 2.05) is 0 Å². The number of nitrogens with zero attached hydrogens (tertiary/aromatic N) is 1. The molecule has 0 unspecified atom stereocenters. The highest BCUT2D eigenvalue weighted by Gasteiger charge is 2.21. The normalized spacial score (nSPS) is 10.7. The van der Waals surface area contributed by atoms with Gasteiger partial charge in [-0.25, -0.2) is 14.0 Å². The molecule has 12 nitrogen and oxygen atoms in total. The largest absolute Gasteiger partial charge is 0.465 e. The van der Waals surface area contributed by atoms with Gasteiger partial charge in [0.15, 0.2) is 0 Å². The molecular formula is C26H36ClFN6O6. The molecular weight excluding hydrogens is 547 g/mol. The zero-order valence-electron chi connectivity index (χ0n) is 22.4. The van der Waals surface area contributed by atoms with Crippen molar-refractivity contribution in [2.24, 2.45) is 5.73 Å². The first-order valence-electron chi connectivity index (χ1n) is 12.9. The highest BCUT2D eigenvalue weighted by atomic mass is 35.5. The first-order chi connectivity index (χ1) is 19.3. The molecule has 0 aromatic heterocycles. The predicted molar refractivity (Wildman–Crippen MR) is 151 cm³/mol. The molecule has 14 heteroatoms. The number of amides is 1. The minimum absolute atomic E-state index is 0.0560. The van der Waals surface area contributed by atoms with Gasteiger partial charge < -0.3 is 31.2 Å². The average Bonchev–Trinajstić information content (AvgIpc) is 2.93. The number of nitrogens with two attached hydrogens (primary N) is 1. The highest BCUT2D eigenvalue weighted by Crippen LogP contribution is 2.29. The molecule has 0 bridgehead atoms. The molecule has 0 spiro atoms. The smallest absolute Gasteiger partial charge is 0.411 e. The Kier molecular flexibility index (Phi) is 14.7. The number of hydrogen-bond acceptors (Lipinski definition) is 10. The van der Waals surface area contributed by atoms with E-state index in [0.717, 1.165) is 58.6 Å². The number of nitro groups is 1. The fraction of sp³-hybridized carbons (Fsp3) is 0.462. The van der Waals surface area contributed by atoms with Crippen LogP contribution < -0.4 is 27.0 Å². The quantitative estimate of drug-likeness (QED) is 0.0748. The lowest BCUT2D eigenvalue weighted by Gasteiger charge is -2.14. The molecule has 0 saturated carbocycles. The van der Waals surface area contributed by atoms with Gasteiger partial charge in [0.25, 0.3) is 5.69 Å². The van der Waals surface area contributed by atoms with E-state index in [9.17, 15) is 24.1 Å². The Labute approximate surface area is 237 Å². The van der Waals surface area contributed by atoms with E-state index >= 15 is 0 Å².